The third kappa shape index (κ3) is 7.50. The summed E-state index contributed by atoms with van der Waals surface area (Å²) in [5.74, 6) is 0.785. The summed E-state index contributed by atoms with van der Waals surface area (Å²) in [6.45, 7) is 12.3. The van der Waals surface area contributed by atoms with E-state index in [-0.39, 0.29) is 11.2 Å². The minimum atomic E-state index is -0.251. The molecule has 0 atom stereocenters. The predicted molar refractivity (Wildman–Crippen MR) is 76.2 cm³/mol. The van der Waals surface area contributed by atoms with Gasteiger partial charge in [0.25, 0.3) is 0 Å². The predicted octanol–water partition coefficient (Wildman–Crippen LogP) is 1.39. The summed E-state index contributed by atoms with van der Waals surface area (Å²) in [4.78, 5) is 4.51. The fraction of sp³-hybridized carbons (Fsp3) is 0.923. The van der Waals surface area contributed by atoms with Crippen LogP contribution in [0, 0.1) is 0 Å². The fourth-order valence-corrected chi connectivity index (χ4v) is 1.04. The van der Waals surface area contributed by atoms with Crippen LogP contribution in [0.4, 0.5) is 0 Å². The molecule has 2 N–H and O–H groups in total. The lowest BCUT2D eigenvalue weighted by Crippen LogP contribution is -2.46. The maximum Gasteiger partial charge on any atom is 0.191 e. The molecule has 0 aliphatic heterocycles. The number of hydrogen-bond acceptors (Lipinski definition) is 3. The van der Waals surface area contributed by atoms with Crippen LogP contribution < -0.4 is 10.6 Å². The van der Waals surface area contributed by atoms with Gasteiger partial charge in [0, 0.05) is 27.3 Å². The Morgan fingerprint density at radius 2 is 1.56 bits per heavy atom. The molecule has 0 aliphatic rings. The minimum absolute atomic E-state index is 0.215. The number of nitrogens with zero attached hydrogens (tertiary/aromatic N) is 1. The van der Waals surface area contributed by atoms with Gasteiger partial charge in [-0.25, -0.2) is 0 Å². The summed E-state index contributed by atoms with van der Waals surface area (Å²) >= 11 is 0. The van der Waals surface area contributed by atoms with E-state index in [9.17, 15) is 0 Å². The van der Waals surface area contributed by atoms with Crippen molar-refractivity contribution in [2.24, 2.45) is 4.99 Å². The molecule has 0 bridgehead atoms. The lowest BCUT2D eigenvalue weighted by atomic mass is 10.1. The Morgan fingerprint density at radius 3 is 2.00 bits per heavy atom. The minimum Gasteiger partial charge on any atom is -0.377 e. The number of guanidine groups is 1. The van der Waals surface area contributed by atoms with E-state index < -0.39 is 0 Å². The normalized spacial score (nSPS) is 13.6. The SMILES string of the molecule is CCNC(=NCC(C)(C)OC)NCC(C)(C)OC. The monoisotopic (exact) mass is 259 g/mol. The molecule has 0 saturated carbocycles. The maximum absolute atomic E-state index is 5.36. The van der Waals surface area contributed by atoms with Crippen LogP contribution in [0.15, 0.2) is 4.99 Å². The fourth-order valence-electron chi connectivity index (χ4n) is 1.04. The van der Waals surface area contributed by atoms with Gasteiger partial charge in [-0.1, -0.05) is 0 Å². The van der Waals surface area contributed by atoms with Gasteiger partial charge in [-0.2, -0.15) is 0 Å². The average molecular weight is 259 g/mol. The molecule has 0 aliphatic carbocycles. The molecule has 0 saturated heterocycles. The molecule has 0 spiro atoms. The maximum atomic E-state index is 5.36. The molecular formula is C13H29N3O2. The van der Waals surface area contributed by atoms with Gasteiger partial charge in [-0.05, 0) is 34.6 Å². The van der Waals surface area contributed by atoms with E-state index in [1.165, 1.54) is 0 Å². The van der Waals surface area contributed by atoms with Crippen LogP contribution in [0.5, 0.6) is 0 Å². The topological polar surface area (TPSA) is 54.9 Å². The zero-order valence-corrected chi connectivity index (χ0v) is 12.9. The number of ether oxygens (including phenoxy) is 2. The first kappa shape index (κ1) is 17.2. The number of hydrogen-bond donors (Lipinski definition) is 2. The van der Waals surface area contributed by atoms with Crippen molar-refractivity contribution in [2.45, 2.75) is 45.8 Å². The van der Waals surface area contributed by atoms with Gasteiger partial charge in [0.1, 0.15) is 0 Å². The summed E-state index contributed by atoms with van der Waals surface area (Å²) in [5, 5.41) is 6.47. The molecule has 0 heterocycles. The van der Waals surface area contributed by atoms with E-state index in [1.54, 1.807) is 14.2 Å². The highest BCUT2D eigenvalue weighted by Gasteiger charge is 2.18. The molecular weight excluding hydrogens is 230 g/mol. The molecule has 0 unspecified atom stereocenters. The van der Waals surface area contributed by atoms with Crippen LogP contribution in [-0.2, 0) is 9.47 Å². The van der Waals surface area contributed by atoms with Crippen LogP contribution in [-0.4, -0.2) is 51.0 Å². The average Bonchev–Trinajstić information content (AvgIpc) is 2.33. The Balaban J connectivity index is 4.43. The van der Waals surface area contributed by atoms with Crippen molar-refractivity contribution in [2.75, 3.05) is 33.9 Å². The van der Waals surface area contributed by atoms with Crippen molar-refractivity contribution in [3.05, 3.63) is 0 Å². The van der Waals surface area contributed by atoms with Crippen LogP contribution in [0.25, 0.3) is 0 Å². The molecule has 0 rings (SSSR count). The molecule has 0 radical (unpaired) electrons. The smallest absolute Gasteiger partial charge is 0.191 e. The zero-order valence-electron chi connectivity index (χ0n) is 12.9. The quantitative estimate of drug-likeness (QED) is 0.536. The van der Waals surface area contributed by atoms with Crippen LogP contribution in [0.1, 0.15) is 34.6 Å². The Kier molecular flexibility index (Phi) is 7.25. The third-order valence-electron chi connectivity index (χ3n) is 2.75. The van der Waals surface area contributed by atoms with Gasteiger partial charge in [-0.3, -0.25) is 4.99 Å². The van der Waals surface area contributed by atoms with Gasteiger partial charge < -0.3 is 20.1 Å². The lowest BCUT2D eigenvalue weighted by molar-refractivity contribution is 0.0263. The van der Waals surface area contributed by atoms with Gasteiger partial charge in [0.05, 0.1) is 17.7 Å². The molecule has 18 heavy (non-hydrogen) atoms. The molecule has 0 aromatic heterocycles. The molecule has 0 fully saturated rings. The number of rotatable bonds is 7. The second-order valence-corrected chi connectivity index (χ2v) is 5.48. The Bertz CT molecular complexity index is 263. The summed E-state index contributed by atoms with van der Waals surface area (Å²) in [6, 6.07) is 0. The van der Waals surface area contributed by atoms with Crippen molar-refractivity contribution < 1.29 is 9.47 Å². The van der Waals surface area contributed by atoms with Gasteiger partial charge in [0.2, 0.25) is 0 Å². The zero-order chi connectivity index (χ0) is 14.2. The van der Waals surface area contributed by atoms with E-state index in [0.29, 0.717) is 13.1 Å². The number of nitrogens with one attached hydrogen (secondary N) is 2. The Morgan fingerprint density at radius 1 is 1.00 bits per heavy atom. The van der Waals surface area contributed by atoms with Gasteiger partial charge >= 0.3 is 0 Å². The molecule has 108 valence electrons. The highest BCUT2D eigenvalue weighted by Crippen LogP contribution is 2.07. The third-order valence-corrected chi connectivity index (χ3v) is 2.75. The van der Waals surface area contributed by atoms with E-state index in [1.807, 2.05) is 34.6 Å². The summed E-state index contributed by atoms with van der Waals surface area (Å²) in [7, 11) is 3.41. The molecule has 5 nitrogen and oxygen atoms in total. The Hall–Kier alpha value is -0.810. The van der Waals surface area contributed by atoms with E-state index in [4.69, 9.17) is 9.47 Å². The van der Waals surface area contributed by atoms with E-state index in [0.717, 1.165) is 12.5 Å². The summed E-state index contributed by atoms with van der Waals surface area (Å²) < 4.78 is 10.7. The van der Waals surface area contributed by atoms with Crippen LogP contribution >= 0.6 is 0 Å². The van der Waals surface area contributed by atoms with Crippen LogP contribution in [0.3, 0.4) is 0 Å². The van der Waals surface area contributed by atoms with Crippen molar-refractivity contribution in [1.29, 1.82) is 0 Å². The second kappa shape index (κ2) is 7.59. The van der Waals surface area contributed by atoms with Crippen molar-refractivity contribution in [3.63, 3.8) is 0 Å². The molecule has 0 amide bonds. The summed E-state index contributed by atoms with van der Waals surface area (Å²) in [5.41, 5.74) is -0.466. The molecule has 0 aromatic rings. The second-order valence-electron chi connectivity index (χ2n) is 5.48. The first-order chi connectivity index (χ1) is 8.26. The highest BCUT2D eigenvalue weighted by atomic mass is 16.5. The largest absolute Gasteiger partial charge is 0.377 e. The molecule has 0 aromatic carbocycles. The van der Waals surface area contributed by atoms with Crippen molar-refractivity contribution in [1.82, 2.24) is 10.6 Å². The first-order valence-corrected chi connectivity index (χ1v) is 6.39. The van der Waals surface area contributed by atoms with Crippen LogP contribution in [0.2, 0.25) is 0 Å². The highest BCUT2D eigenvalue weighted by molar-refractivity contribution is 5.79. The van der Waals surface area contributed by atoms with Gasteiger partial charge in [0.15, 0.2) is 5.96 Å². The number of methoxy groups -OCH3 is 2. The Labute approximate surface area is 111 Å². The lowest BCUT2D eigenvalue weighted by Gasteiger charge is -2.25. The van der Waals surface area contributed by atoms with E-state index >= 15 is 0 Å². The summed E-state index contributed by atoms with van der Waals surface area (Å²) in [6.07, 6.45) is 0. The van der Waals surface area contributed by atoms with Crippen molar-refractivity contribution in [3.8, 4) is 0 Å². The van der Waals surface area contributed by atoms with Crippen molar-refractivity contribution >= 4 is 5.96 Å². The van der Waals surface area contributed by atoms with E-state index in [2.05, 4.69) is 15.6 Å². The van der Waals surface area contributed by atoms with Gasteiger partial charge in [-0.15, -0.1) is 0 Å². The molecule has 5 heteroatoms. The standard InChI is InChI=1S/C13H29N3O2/c1-8-14-11(15-9-12(2,3)17-6)16-10-13(4,5)18-7/h8-10H2,1-7H3,(H2,14,15,16). The first-order valence-electron chi connectivity index (χ1n) is 6.39. The number of aliphatic imine (C=N–C) groups is 1.